The molecule has 0 radical (unpaired) electrons. The van der Waals surface area contributed by atoms with Gasteiger partial charge in [-0.2, -0.15) is 0 Å². The van der Waals surface area contributed by atoms with Gasteiger partial charge in [0.15, 0.2) is 6.10 Å². The molecule has 0 saturated heterocycles. The van der Waals surface area contributed by atoms with E-state index in [9.17, 15) is 4.79 Å². The highest BCUT2D eigenvalue weighted by atomic mass is 16.5. The van der Waals surface area contributed by atoms with Gasteiger partial charge in [0, 0.05) is 18.7 Å². The minimum absolute atomic E-state index is 0.0944. The first-order valence-corrected chi connectivity index (χ1v) is 6.33. The van der Waals surface area contributed by atoms with Crippen molar-refractivity contribution >= 4 is 5.91 Å². The third-order valence-electron chi connectivity index (χ3n) is 2.73. The zero-order valence-corrected chi connectivity index (χ0v) is 11.3. The van der Waals surface area contributed by atoms with Crippen LogP contribution >= 0.6 is 0 Å². The molecule has 0 fully saturated rings. The summed E-state index contributed by atoms with van der Waals surface area (Å²) in [6.45, 7) is 6.78. The van der Waals surface area contributed by atoms with Gasteiger partial charge in [0.2, 0.25) is 0 Å². The highest BCUT2D eigenvalue weighted by Crippen LogP contribution is 2.24. The predicted molar refractivity (Wildman–Crippen MR) is 72.5 cm³/mol. The molecule has 3 N–H and O–H groups in total. The van der Waals surface area contributed by atoms with Crippen LogP contribution in [0.25, 0.3) is 0 Å². The topological polar surface area (TPSA) is 64.3 Å². The molecule has 0 bridgehead atoms. The Hall–Kier alpha value is -1.55. The molecule has 0 aliphatic rings. The predicted octanol–water partition coefficient (Wildman–Crippen LogP) is 1.75. The summed E-state index contributed by atoms with van der Waals surface area (Å²) in [7, 11) is 0. The molecule has 4 heteroatoms. The number of aryl methyl sites for hydroxylation is 1. The highest BCUT2D eigenvalue weighted by Gasteiger charge is 2.16. The SMILES string of the molecule is CCCNC(=O)C(C)Oc1c(C)cccc1CN. The molecular weight excluding hydrogens is 228 g/mol. The lowest BCUT2D eigenvalue weighted by molar-refractivity contribution is -0.127. The number of amides is 1. The maximum absolute atomic E-state index is 11.7. The Morgan fingerprint density at radius 1 is 1.50 bits per heavy atom. The zero-order valence-electron chi connectivity index (χ0n) is 11.3. The van der Waals surface area contributed by atoms with Crippen LogP contribution in [0, 0.1) is 6.92 Å². The first-order valence-electron chi connectivity index (χ1n) is 6.33. The van der Waals surface area contributed by atoms with E-state index in [1.807, 2.05) is 32.0 Å². The molecule has 0 aliphatic carbocycles. The summed E-state index contributed by atoms with van der Waals surface area (Å²) < 4.78 is 5.73. The Morgan fingerprint density at radius 2 is 2.22 bits per heavy atom. The molecule has 18 heavy (non-hydrogen) atoms. The molecule has 1 aromatic carbocycles. The quantitative estimate of drug-likeness (QED) is 0.808. The number of nitrogens with one attached hydrogen (secondary N) is 1. The number of benzene rings is 1. The van der Waals surface area contributed by atoms with Crippen molar-refractivity contribution in [1.29, 1.82) is 0 Å². The van der Waals surface area contributed by atoms with Crippen LogP contribution in [-0.4, -0.2) is 18.6 Å². The second-order valence-corrected chi connectivity index (χ2v) is 4.32. The monoisotopic (exact) mass is 250 g/mol. The standard InChI is InChI=1S/C14H22N2O2/c1-4-8-16-14(17)11(3)18-13-10(2)6-5-7-12(13)9-15/h5-7,11H,4,8-9,15H2,1-3H3,(H,16,17). The number of hydrogen-bond donors (Lipinski definition) is 2. The number of ether oxygens (including phenoxy) is 1. The number of carbonyl (C=O) groups excluding carboxylic acids is 1. The summed E-state index contributed by atoms with van der Waals surface area (Å²) in [4.78, 5) is 11.7. The Morgan fingerprint density at radius 3 is 2.83 bits per heavy atom. The molecule has 1 rings (SSSR count). The van der Waals surface area contributed by atoms with Crippen LogP contribution in [0.3, 0.4) is 0 Å². The molecular formula is C14H22N2O2. The molecule has 1 unspecified atom stereocenters. The lowest BCUT2D eigenvalue weighted by atomic mass is 10.1. The van der Waals surface area contributed by atoms with E-state index in [1.165, 1.54) is 0 Å². The van der Waals surface area contributed by atoms with E-state index < -0.39 is 6.10 Å². The van der Waals surface area contributed by atoms with Gasteiger partial charge in [-0.15, -0.1) is 0 Å². The van der Waals surface area contributed by atoms with Crippen molar-refractivity contribution in [2.24, 2.45) is 5.73 Å². The number of rotatable bonds is 6. The number of para-hydroxylation sites is 1. The van der Waals surface area contributed by atoms with Crippen LogP contribution in [0.15, 0.2) is 18.2 Å². The molecule has 0 aromatic heterocycles. The fourth-order valence-electron chi connectivity index (χ4n) is 1.66. The van der Waals surface area contributed by atoms with E-state index in [0.717, 1.165) is 23.3 Å². The van der Waals surface area contributed by atoms with Gasteiger partial charge in [0.25, 0.3) is 5.91 Å². The van der Waals surface area contributed by atoms with E-state index in [-0.39, 0.29) is 5.91 Å². The fraction of sp³-hybridized carbons (Fsp3) is 0.500. The van der Waals surface area contributed by atoms with Crippen molar-refractivity contribution in [2.45, 2.75) is 39.8 Å². The smallest absolute Gasteiger partial charge is 0.260 e. The summed E-state index contributed by atoms with van der Waals surface area (Å²) in [5.74, 6) is 0.627. The zero-order chi connectivity index (χ0) is 13.5. The Kier molecular flexibility index (Phi) is 5.65. The summed E-state index contributed by atoms with van der Waals surface area (Å²) in [5, 5.41) is 2.81. The minimum atomic E-state index is -0.511. The van der Waals surface area contributed by atoms with Gasteiger partial charge in [-0.25, -0.2) is 0 Å². The second kappa shape index (κ2) is 7.01. The van der Waals surface area contributed by atoms with Crippen molar-refractivity contribution in [3.8, 4) is 5.75 Å². The van der Waals surface area contributed by atoms with Crippen LogP contribution in [0.2, 0.25) is 0 Å². The van der Waals surface area contributed by atoms with Crippen LogP contribution in [0.1, 0.15) is 31.4 Å². The van der Waals surface area contributed by atoms with Gasteiger partial charge >= 0.3 is 0 Å². The van der Waals surface area contributed by atoms with Gasteiger partial charge in [0.05, 0.1) is 0 Å². The van der Waals surface area contributed by atoms with E-state index in [4.69, 9.17) is 10.5 Å². The molecule has 1 aromatic rings. The van der Waals surface area contributed by atoms with Crippen LogP contribution in [0.5, 0.6) is 5.75 Å². The highest BCUT2D eigenvalue weighted by molar-refractivity contribution is 5.80. The minimum Gasteiger partial charge on any atom is -0.480 e. The summed E-state index contributed by atoms with van der Waals surface area (Å²) in [6.07, 6.45) is 0.402. The Labute approximate surface area is 109 Å². The first-order chi connectivity index (χ1) is 8.60. The first kappa shape index (κ1) is 14.5. The molecule has 0 saturated carbocycles. The summed E-state index contributed by atoms with van der Waals surface area (Å²) in [6, 6.07) is 5.80. The molecule has 4 nitrogen and oxygen atoms in total. The number of hydrogen-bond acceptors (Lipinski definition) is 3. The molecule has 0 heterocycles. The molecule has 100 valence electrons. The van der Waals surface area contributed by atoms with Crippen LogP contribution < -0.4 is 15.8 Å². The normalized spacial score (nSPS) is 12.0. The average molecular weight is 250 g/mol. The molecule has 0 aliphatic heterocycles. The van der Waals surface area contributed by atoms with Crippen molar-refractivity contribution < 1.29 is 9.53 Å². The van der Waals surface area contributed by atoms with Crippen LogP contribution in [0.4, 0.5) is 0 Å². The van der Waals surface area contributed by atoms with Gasteiger partial charge < -0.3 is 15.8 Å². The largest absolute Gasteiger partial charge is 0.480 e. The van der Waals surface area contributed by atoms with Crippen molar-refractivity contribution in [3.63, 3.8) is 0 Å². The lowest BCUT2D eigenvalue weighted by Crippen LogP contribution is -2.37. The van der Waals surface area contributed by atoms with E-state index >= 15 is 0 Å². The number of nitrogens with two attached hydrogens (primary N) is 1. The van der Waals surface area contributed by atoms with Gasteiger partial charge in [-0.1, -0.05) is 25.1 Å². The molecule has 1 atom stereocenters. The Balaban J connectivity index is 2.75. The van der Waals surface area contributed by atoms with Crippen molar-refractivity contribution in [2.75, 3.05) is 6.54 Å². The van der Waals surface area contributed by atoms with E-state index in [0.29, 0.717) is 13.1 Å². The maximum Gasteiger partial charge on any atom is 0.260 e. The average Bonchev–Trinajstić information content (AvgIpc) is 2.38. The van der Waals surface area contributed by atoms with Crippen molar-refractivity contribution in [3.05, 3.63) is 29.3 Å². The summed E-state index contributed by atoms with van der Waals surface area (Å²) in [5.41, 5.74) is 7.59. The van der Waals surface area contributed by atoms with Gasteiger partial charge in [0.1, 0.15) is 5.75 Å². The lowest BCUT2D eigenvalue weighted by Gasteiger charge is -2.18. The van der Waals surface area contributed by atoms with Crippen molar-refractivity contribution in [1.82, 2.24) is 5.32 Å². The summed E-state index contributed by atoms with van der Waals surface area (Å²) >= 11 is 0. The molecule has 0 spiro atoms. The number of carbonyl (C=O) groups is 1. The van der Waals surface area contributed by atoms with Crippen LogP contribution in [-0.2, 0) is 11.3 Å². The molecule has 1 amide bonds. The Bertz CT molecular complexity index is 405. The van der Waals surface area contributed by atoms with Gasteiger partial charge in [-0.3, -0.25) is 4.79 Å². The van der Waals surface area contributed by atoms with E-state index in [2.05, 4.69) is 5.32 Å². The van der Waals surface area contributed by atoms with E-state index in [1.54, 1.807) is 6.92 Å². The fourth-order valence-corrected chi connectivity index (χ4v) is 1.66. The van der Waals surface area contributed by atoms with Gasteiger partial charge in [-0.05, 0) is 25.8 Å². The second-order valence-electron chi connectivity index (χ2n) is 4.32. The third-order valence-corrected chi connectivity index (χ3v) is 2.73. The maximum atomic E-state index is 11.7. The third kappa shape index (κ3) is 3.74.